The highest BCUT2D eigenvalue weighted by atomic mass is 16.2. The van der Waals surface area contributed by atoms with E-state index in [1.54, 1.807) is 0 Å². The van der Waals surface area contributed by atoms with Crippen molar-refractivity contribution in [2.45, 2.75) is 25.7 Å². The summed E-state index contributed by atoms with van der Waals surface area (Å²) in [6.45, 7) is 0. The van der Waals surface area contributed by atoms with Gasteiger partial charge in [-0.05, 0) is 49.1 Å². The predicted octanol–water partition coefficient (Wildman–Crippen LogP) is 3.23. The summed E-state index contributed by atoms with van der Waals surface area (Å²) in [7, 11) is 0. The largest absolute Gasteiger partial charge is 0.339 e. The zero-order valence-corrected chi connectivity index (χ0v) is 10.9. The molecule has 3 atom stereocenters. The second kappa shape index (κ2) is 5.43. The van der Waals surface area contributed by atoms with E-state index < -0.39 is 0 Å². The molecular formula is C15H19N3O. The van der Waals surface area contributed by atoms with E-state index in [4.69, 9.17) is 0 Å². The zero-order valence-electron chi connectivity index (χ0n) is 10.9. The minimum absolute atomic E-state index is 0.286. The lowest BCUT2D eigenvalue weighted by molar-refractivity contribution is 0.252. The van der Waals surface area contributed by atoms with E-state index in [0.29, 0.717) is 5.92 Å². The Hall–Kier alpha value is -1.84. The molecule has 1 aromatic carbocycles. The van der Waals surface area contributed by atoms with Crippen molar-refractivity contribution in [3.8, 4) is 0 Å². The fourth-order valence-corrected chi connectivity index (χ4v) is 3.35. The fraction of sp³-hybridized carbons (Fsp3) is 0.467. The molecule has 0 unspecified atom stereocenters. The number of amides is 2. The highest BCUT2D eigenvalue weighted by Crippen LogP contribution is 2.47. The molecule has 0 saturated heterocycles. The molecule has 0 aromatic heterocycles. The third-order valence-electron chi connectivity index (χ3n) is 4.26. The Kier molecular flexibility index (Phi) is 3.49. The highest BCUT2D eigenvalue weighted by Gasteiger charge is 2.38. The minimum Gasteiger partial charge on any atom is -0.307 e. The van der Waals surface area contributed by atoms with E-state index in [0.717, 1.165) is 17.5 Å². The van der Waals surface area contributed by atoms with Gasteiger partial charge < -0.3 is 5.32 Å². The molecule has 2 N–H and O–H groups in total. The molecule has 1 aromatic rings. The summed E-state index contributed by atoms with van der Waals surface area (Å²) in [6, 6.07) is 9.09. The van der Waals surface area contributed by atoms with Crippen molar-refractivity contribution in [1.29, 1.82) is 0 Å². The zero-order chi connectivity index (χ0) is 13.1. The molecule has 2 amide bonds. The van der Waals surface area contributed by atoms with Gasteiger partial charge in [-0.1, -0.05) is 24.6 Å². The van der Waals surface area contributed by atoms with Crippen LogP contribution in [0.4, 0.5) is 10.5 Å². The number of fused-ring (bicyclic) bond motifs is 2. The molecule has 0 heterocycles. The van der Waals surface area contributed by atoms with Crippen LogP contribution < -0.4 is 10.7 Å². The smallest absolute Gasteiger partial charge is 0.307 e. The van der Waals surface area contributed by atoms with Crippen LogP contribution in [0.1, 0.15) is 25.7 Å². The average molecular weight is 257 g/mol. The van der Waals surface area contributed by atoms with E-state index in [-0.39, 0.29) is 6.03 Å². The van der Waals surface area contributed by atoms with Gasteiger partial charge in [-0.15, -0.1) is 0 Å². The van der Waals surface area contributed by atoms with Crippen LogP contribution in [0.3, 0.4) is 0 Å². The molecule has 0 spiro atoms. The number of hydrogen-bond acceptors (Lipinski definition) is 2. The van der Waals surface area contributed by atoms with Gasteiger partial charge in [0.2, 0.25) is 0 Å². The molecule has 100 valence electrons. The third-order valence-corrected chi connectivity index (χ3v) is 4.26. The Morgan fingerprint density at radius 2 is 2.05 bits per heavy atom. The Morgan fingerprint density at radius 3 is 2.74 bits per heavy atom. The van der Waals surface area contributed by atoms with Crippen molar-refractivity contribution >= 4 is 17.9 Å². The molecule has 2 fully saturated rings. The van der Waals surface area contributed by atoms with Gasteiger partial charge in [0.05, 0.1) is 0 Å². The number of carbonyl (C=O) groups is 1. The maximum absolute atomic E-state index is 11.6. The van der Waals surface area contributed by atoms with Gasteiger partial charge >= 0.3 is 6.03 Å². The average Bonchev–Trinajstić information content (AvgIpc) is 3.02. The first kappa shape index (κ1) is 12.2. The van der Waals surface area contributed by atoms with E-state index in [2.05, 4.69) is 15.8 Å². The first-order valence-electron chi connectivity index (χ1n) is 6.96. The number of urea groups is 1. The van der Waals surface area contributed by atoms with Gasteiger partial charge in [-0.2, -0.15) is 5.10 Å². The lowest BCUT2D eigenvalue weighted by atomic mass is 9.90. The van der Waals surface area contributed by atoms with Crippen molar-refractivity contribution < 1.29 is 4.79 Å². The monoisotopic (exact) mass is 257 g/mol. The second-order valence-corrected chi connectivity index (χ2v) is 5.55. The van der Waals surface area contributed by atoms with Crippen LogP contribution in [0.15, 0.2) is 35.4 Å². The maximum Gasteiger partial charge on any atom is 0.339 e. The third kappa shape index (κ3) is 2.95. The number of nitrogens with one attached hydrogen (secondary N) is 2. The van der Waals surface area contributed by atoms with Crippen molar-refractivity contribution in [2.24, 2.45) is 22.9 Å². The van der Waals surface area contributed by atoms with E-state index in [9.17, 15) is 4.79 Å². The van der Waals surface area contributed by atoms with E-state index >= 15 is 0 Å². The second-order valence-electron chi connectivity index (χ2n) is 5.55. The van der Waals surface area contributed by atoms with Crippen molar-refractivity contribution in [3.05, 3.63) is 30.3 Å². The van der Waals surface area contributed by atoms with E-state index in [1.807, 2.05) is 36.5 Å². The summed E-state index contributed by atoms with van der Waals surface area (Å²) in [5.74, 6) is 2.27. The van der Waals surface area contributed by atoms with Crippen LogP contribution >= 0.6 is 0 Å². The molecule has 4 nitrogen and oxygen atoms in total. The number of carbonyl (C=O) groups excluding carboxylic acids is 1. The number of rotatable bonds is 3. The normalized spacial score (nSPS) is 28.7. The number of anilines is 1. The van der Waals surface area contributed by atoms with Crippen molar-refractivity contribution in [3.63, 3.8) is 0 Å². The number of hydrogen-bond donors (Lipinski definition) is 2. The Bertz CT molecular complexity index is 472. The van der Waals surface area contributed by atoms with Gasteiger partial charge in [0, 0.05) is 11.9 Å². The Morgan fingerprint density at radius 1 is 1.21 bits per heavy atom. The number of hydrazone groups is 1. The summed E-state index contributed by atoms with van der Waals surface area (Å²) in [5.41, 5.74) is 3.31. The summed E-state index contributed by atoms with van der Waals surface area (Å²) < 4.78 is 0. The van der Waals surface area contributed by atoms with Crippen molar-refractivity contribution in [1.82, 2.24) is 5.43 Å². The maximum atomic E-state index is 11.6. The molecule has 0 radical (unpaired) electrons. The number of benzene rings is 1. The van der Waals surface area contributed by atoms with Crippen LogP contribution in [-0.4, -0.2) is 12.2 Å². The molecular weight excluding hydrogens is 238 g/mol. The van der Waals surface area contributed by atoms with Gasteiger partial charge in [-0.3, -0.25) is 0 Å². The molecule has 2 aliphatic rings. The van der Waals surface area contributed by atoms with Gasteiger partial charge in [0.1, 0.15) is 0 Å². The summed E-state index contributed by atoms with van der Waals surface area (Å²) in [4.78, 5) is 11.6. The summed E-state index contributed by atoms with van der Waals surface area (Å²) in [5, 5.41) is 6.82. The Labute approximate surface area is 113 Å². The van der Waals surface area contributed by atoms with Gasteiger partial charge in [0.25, 0.3) is 0 Å². The molecule has 2 saturated carbocycles. The molecule has 0 aliphatic heterocycles. The molecule has 2 bridgehead atoms. The predicted molar refractivity (Wildman–Crippen MR) is 76.0 cm³/mol. The first-order valence-corrected chi connectivity index (χ1v) is 6.96. The quantitative estimate of drug-likeness (QED) is 0.634. The standard InChI is InChI=1S/C15H19N3O/c19-15(17-14-4-2-1-3-5-14)18-16-10-13-9-11-6-7-12(13)8-11/h1-5,10-13H,6-9H2,(H2,17,18,19)/b16-10+/t11-,12+,13-/m0/s1. The lowest BCUT2D eigenvalue weighted by Gasteiger charge is -2.16. The first-order chi connectivity index (χ1) is 9.31. The minimum atomic E-state index is -0.286. The molecule has 19 heavy (non-hydrogen) atoms. The fourth-order valence-electron chi connectivity index (χ4n) is 3.35. The van der Waals surface area contributed by atoms with Crippen LogP contribution in [-0.2, 0) is 0 Å². The molecule has 2 aliphatic carbocycles. The van der Waals surface area contributed by atoms with Crippen LogP contribution in [0, 0.1) is 17.8 Å². The summed E-state index contributed by atoms with van der Waals surface area (Å²) in [6.07, 6.45) is 7.24. The topological polar surface area (TPSA) is 53.5 Å². The lowest BCUT2D eigenvalue weighted by Crippen LogP contribution is -2.25. The van der Waals surface area contributed by atoms with Crippen LogP contribution in [0.2, 0.25) is 0 Å². The van der Waals surface area contributed by atoms with Crippen LogP contribution in [0.5, 0.6) is 0 Å². The van der Waals surface area contributed by atoms with E-state index in [1.165, 1.54) is 25.7 Å². The SMILES string of the molecule is O=C(N/N=C/[C@@H]1C[C@H]2CC[C@@H]1C2)Nc1ccccc1. The number of nitrogens with zero attached hydrogens (tertiary/aromatic N) is 1. The highest BCUT2D eigenvalue weighted by molar-refractivity contribution is 5.89. The van der Waals surface area contributed by atoms with Crippen molar-refractivity contribution in [2.75, 3.05) is 5.32 Å². The van der Waals surface area contributed by atoms with Crippen LogP contribution in [0.25, 0.3) is 0 Å². The van der Waals surface area contributed by atoms with Gasteiger partial charge in [0.15, 0.2) is 0 Å². The number of para-hydroxylation sites is 1. The Balaban J connectivity index is 1.46. The summed E-state index contributed by atoms with van der Waals surface area (Å²) >= 11 is 0. The molecule has 4 heteroatoms. The van der Waals surface area contributed by atoms with Gasteiger partial charge in [-0.25, -0.2) is 10.2 Å². The molecule has 3 rings (SSSR count).